The molecule has 1 amide bonds. The maximum atomic E-state index is 13.3. The van der Waals surface area contributed by atoms with Crippen molar-refractivity contribution >= 4 is 27.9 Å². The molecule has 0 bridgehead atoms. The molecule has 4 aromatic rings. The Labute approximate surface area is 193 Å². The molecule has 0 atom stereocenters. The van der Waals surface area contributed by atoms with Gasteiger partial charge in [-0.1, -0.05) is 0 Å². The second-order valence-corrected chi connectivity index (χ2v) is 7.64. The highest BCUT2D eigenvalue weighted by molar-refractivity contribution is 7.15. The zero-order valence-electron chi connectivity index (χ0n) is 18.4. The van der Waals surface area contributed by atoms with Crippen LogP contribution in [-0.2, 0) is 0 Å². The molecule has 170 valence electrons. The Morgan fingerprint density at radius 3 is 2.36 bits per heavy atom. The molecule has 0 fully saturated rings. The molecular formula is C23H21N3O6S. The van der Waals surface area contributed by atoms with E-state index in [0.717, 1.165) is 0 Å². The summed E-state index contributed by atoms with van der Waals surface area (Å²) in [5, 5.41) is 4.50. The lowest BCUT2D eigenvalue weighted by molar-refractivity contribution is 0.102. The fourth-order valence-electron chi connectivity index (χ4n) is 3.36. The van der Waals surface area contributed by atoms with Crippen LogP contribution in [0.3, 0.4) is 0 Å². The first kappa shape index (κ1) is 22.2. The quantitative estimate of drug-likeness (QED) is 0.442. The van der Waals surface area contributed by atoms with Gasteiger partial charge in [0, 0.05) is 28.9 Å². The predicted molar refractivity (Wildman–Crippen MR) is 125 cm³/mol. The average molecular weight is 468 g/mol. The molecule has 0 unspecified atom stereocenters. The number of ether oxygens (including phenoxy) is 4. The standard InChI is InChI=1S/C23H21N3O6S/c1-29-14-6-8-18(30-2)15(10-14)17-12-33-23-24-11-16(22(28)26(17)23)21(27)25-13-5-7-19(31-3)20(9-13)32-4/h5-12H,1-4H3,(H,25,27). The van der Waals surface area contributed by atoms with Gasteiger partial charge in [0.25, 0.3) is 11.5 Å². The van der Waals surface area contributed by atoms with Crippen molar-refractivity contribution in [3.05, 3.63) is 63.9 Å². The number of nitrogens with zero attached hydrogens (tertiary/aromatic N) is 2. The van der Waals surface area contributed by atoms with Gasteiger partial charge < -0.3 is 24.3 Å². The predicted octanol–water partition coefficient (Wildman–Crippen LogP) is 3.71. The molecule has 0 aliphatic carbocycles. The summed E-state index contributed by atoms with van der Waals surface area (Å²) < 4.78 is 22.7. The minimum absolute atomic E-state index is 0.108. The summed E-state index contributed by atoms with van der Waals surface area (Å²) in [6.45, 7) is 0. The lowest BCUT2D eigenvalue weighted by Gasteiger charge is -2.11. The third-order valence-electron chi connectivity index (χ3n) is 5.01. The molecular weight excluding hydrogens is 446 g/mol. The molecule has 0 spiro atoms. The van der Waals surface area contributed by atoms with E-state index in [2.05, 4.69) is 10.3 Å². The fraction of sp³-hybridized carbons (Fsp3) is 0.174. The third-order valence-corrected chi connectivity index (χ3v) is 5.85. The maximum Gasteiger partial charge on any atom is 0.271 e. The van der Waals surface area contributed by atoms with Gasteiger partial charge in [0.15, 0.2) is 16.5 Å². The average Bonchev–Trinajstić information content (AvgIpc) is 3.28. The van der Waals surface area contributed by atoms with Gasteiger partial charge in [0.05, 0.1) is 34.1 Å². The number of anilines is 1. The highest BCUT2D eigenvalue weighted by Crippen LogP contribution is 2.35. The van der Waals surface area contributed by atoms with Crippen LogP contribution in [0.2, 0.25) is 0 Å². The van der Waals surface area contributed by atoms with Crippen LogP contribution in [0.25, 0.3) is 16.2 Å². The Balaban J connectivity index is 1.77. The number of fused-ring (bicyclic) bond motifs is 1. The Morgan fingerprint density at radius 2 is 1.67 bits per heavy atom. The molecule has 2 aromatic heterocycles. The first-order valence-electron chi connectivity index (χ1n) is 9.75. The van der Waals surface area contributed by atoms with Crippen molar-refractivity contribution in [3.8, 4) is 34.3 Å². The van der Waals surface area contributed by atoms with E-state index in [-0.39, 0.29) is 5.56 Å². The van der Waals surface area contributed by atoms with Crippen molar-refractivity contribution in [1.29, 1.82) is 0 Å². The molecule has 2 heterocycles. The summed E-state index contributed by atoms with van der Waals surface area (Å²) in [6, 6.07) is 10.2. The Morgan fingerprint density at radius 1 is 0.939 bits per heavy atom. The number of nitrogens with one attached hydrogen (secondary N) is 1. The van der Waals surface area contributed by atoms with Gasteiger partial charge in [-0.05, 0) is 30.3 Å². The Kier molecular flexibility index (Phi) is 6.18. The minimum atomic E-state index is -0.594. The van der Waals surface area contributed by atoms with Crippen LogP contribution in [0.5, 0.6) is 23.0 Å². The minimum Gasteiger partial charge on any atom is -0.497 e. The SMILES string of the molecule is COc1ccc(OC)c(-c2csc3ncc(C(=O)Nc4ccc(OC)c(OC)c4)c(=O)n23)c1. The van der Waals surface area contributed by atoms with Crippen molar-refractivity contribution in [2.45, 2.75) is 0 Å². The zero-order valence-corrected chi connectivity index (χ0v) is 19.2. The molecule has 33 heavy (non-hydrogen) atoms. The van der Waals surface area contributed by atoms with Crippen LogP contribution in [0.15, 0.2) is 52.8 Å². The Hall–Kier alpha value is -4.05. The largest absolute Gasteiger partial charge is 0.497 e. The van der Waals surface area contributed by atoms with Gasteiger partial charge in [-0.15, -0.1) is 11.3 Å². The zero-order chi connectivity index (χ0) is 23.5. The molecule has 1 N–H and O–H groups in total. The van der Waals surface area contributed by atoms with E-state index in [1.54, 1.807) is 56.0 Å². The van der Waals surface area contributed by atoms with E-state index < -0.39 is 11.5 Å². The van der Waals surface area contributed by atoms with Gasteiger partial charge in [0.2, 0.25) is 0 Å². The first-order valence-corrected chi connectivity index (χ1v) is 10.6. The van der Waals surface area contributed by atoms with Crippen molar-refractivity contribution in [3.63, 3.8) is 0 Å². The summed E-state index contributed by atoms with van der Waals surface area (Å²) in [4.78, 5) is 31.1. The van der Waals surface area contributed by atoms with Gasteiger partial charge in [-0.3, -0.25) is 14.0 Å². The van der Waals surface area contributed by atoms with Crippen LogP contribution < -0.4 is 29.8 Å². The summed E-state index contributed by atoms with van der Waals surface area (Å²) >= 11 is 1.28. The molecule has 0 radical (unpaired) electrons. The lowest BCUT2D eigenvalue weighted by Crippen LogP contribution is -2.26. The van der Waals surface area contributed by atoms with Gasteiger partial charge in [-0.2, -0.15) is 0 Å². The number of aromatic nitrogens is 2. The van der Waals surface area contributed by atoms with Crippen LogP contribution in [0.1, 0.15) is 10.4 Å². The number of methoxy groups -OCH3 is 4. The summed E-state index contributed by atoms with van der Waals surface area (Å²) in [6.07, 6.45) is 1.27. The van der Waals surface area contributed by atoms with Gasteiger partial charge >= 0.3 is 0 Å². The monoisotopic (exact) mass is 467 g/mol. The normalized spacial score (nSPS) is 10.7. The van der Waals surface area contributed by atoms with Gasteiger partial charge in [0.1, 0.15) is 17.1 Å². The molecule has 4 rings (SSSR count). The second kappa shape index (κ2) is 9.21. The number of carbonyl (C=O) groups excluding carboxylic acids is 1. The summed E-state index contributed by atoms with van der Waals surface area (Å²) in [5.41, 5.74) is 1.03. The van der Waals surface area contributed by atoms with Crippen molar-refractivity contribution < 1.29 is 23.7 Å². The van der Waals surface area contributed by atoms with Crippen molar-refractivity contribution in [2.24, 2.45) is 0 Å². The summed E-state index contributed by atoms with van der Waals surface area (Å²) in [7, 11) is 6.12. The number of carbonyl (C=O) groups is 1. The smallest absolute Gasteiger partial charge is 0.271 e. The molecule has 2 aromatic carbocycles. The maximum absolute atomic E-state index is 13.3. The number of rotatable bonds is 7. The molecule has 10 heteroatoms. The highest BCUT2D eigenvalue weighted by atomic mass is 32.1. The number of thiazole rings is 1. The Bertz CT molecular complexity index is 1390. The van der Waals surface area contributed by atoms with Crippen LogP contribution in [0.4, 0.5) is 5.69 Å². The number of benzene rings is 2. The fourth-order valence-corrected chi connectivity index (χ4v) is 4.21. The van der Waals surface area contributed by atoms with E-state index in [9.17, 15) is 9.59 Å². The molecule has 0 aliphatic heterocycles. The van der Waals surface area contributed by atoms with E-state index in [0.29, 0.717) is 44.9 Å². The van der Waals surface area contributed by atoms with Crippen molar-refractivity contribution in [1.82, 2.24) is 9.38 Å². The molecule has 9 nitrogen and oxygen atoms in total. The van der Waals surface area contributed by atoms with E-state index in [1.165, 1.54) is 36.2 Å². The lowest BCUT2D eigenvalue weighted by atomic mass is 10.1. The third kappa shape index (κ3) is 4.08. The van der Waals surface area contributed by atoms with Crippen LogP contribution >= 0.6 is 11.3 Å². The van der Waals surface area contributed by atoms with Gasteiger partial charge in [-0.25, -0.2) is 4.98 Å². The van der Waals surface area contributed by atoms with Crippen LogP contribution in [0, 0.1) is 0 Å². The van der Waals surface area contributed by atoms with E-state index in [4.69, 9.17) is 18.9 Å². The topological polar surface area (TPSA) is 100 Å². The number of hydrogen-bond acceptors (Lipinski definition) is 8. The number of hydrogen-bond donors (Lipinski definition) is 1. The molecule has 0 aliphatic rings. The second-order valence-electron chi connectivity index (χ2n) is 6.81. The summed E-state index contributed by atoms with van der Waals surface area (Å²) in [5.74, 6) is 1.54. The van der Waals surface area contributed by atoms with E-state index >= 15 is 0 Å². The molecule has 0 saturated carbocycles. The van der Waals surface area contributed by atoms with Crippen LogP contribution in [-0.4, -0.2) is 43.7 Å². The first-order chi connectivity index (χ1) is 16.0. The van der Waals surface area contributed by atoms with Crippen molar-refractivity contribution in [2.75, 3.05) is 33.8 Å². The highest BCUT2D eigenvalue weighted by Gasteiger charge is 2.20. The molecule has 0 saturated heterocycles. The number of amides is 1. The van der Waals surface area contributed by atoms with E-state index in [1.807, 2.05) is 0 Å².